The first-order valence-electron chi connectivity index (χ1n) is 8.63. The van der Waals surface area contributed by atoms with Gasteiger partial charge in [-0.2, -0.15) is 0 Å². The molecule has 136 valence electrons. The van der Waals surface area contributed by atoms with Crippen LogP contribution in [0, 0.1) is 5.82 Å². The van der Waals surface area contributed by atoms with Gasteiger partial charge in [0.05, 0.1) is 9.75 Å². The summed E-state index contributed by atoms with van der Waals surface area (Å²) in [5, 5.41) is 1.91. The normalized spacial score (nSPS) is 19.1. The molecule has 0 atom stereocenters. The van der Waals surface area contributed by atoms with Crippen LogP contribution in [0.1, 0.15) is 32.9 Å². The maximum absolute atomic E-state index is 13.5. The lowest BCUT2D eigenvalue weighted by Gasteiger charge is -2.44. The van der Waals surface area contributed by atoms with Crippen LogP contribution in [0.25, 0.3) is 0 Å². The van der Waals surface area contributed by atoms with Crippen molar-refractivity contribution in [3.05, 3.63) is 58.0 Å². The minimum atomic E-state index is -0.395. The maximum atomic E-state index is 13.5. The number of hydrogen-bond acceptors (Lipinski definition) is 4. The van der Waals surface area contributed by atoms with E-state index in [2.05, 4.69) is 0 Å². The largest absolute Gasteiger partial charge is 0.338 e. The highest BCUT2D eigenvalue weighted by Crippen LogP contribution is 2.44. The predicted molar refractivity (Wildman–Crippen MR) is 102 cm³/mol. The fraction of sp³-hybridized carbons (Fsp3) is 0.368. The van der Waals surface area contributed by atoms with Crippen LogP contribution in [-0.2, 0) is 0 Å². The summed E-state index contributed by atoms with van der Waals surface area (Å²) in [6.45, 7) is 1.94. The van der Waals surface area contributed by atoms with Gasteiger partial charge in [-0.1, -0.05) is 12.1 Å². The molecule has 0 saturated carbocycles. The summed E-state index contributed by atoms with van der Waals surface area (Å²) in [5.74, 6) is 0.432. The molecule has 1 aromatic carbocycles. The van der Waals surface area contributed by atoms with Gasteiger partial charge in [0, 0.05) is 31.0 Å². The van der Waals surface area contributed by atoms with E-state index in [1.54, 1.807) is 23.9 Å². The first-order valence-corrected chi connectivity index (χ1v) is 10.5. The van der Waals surface area contributed by atoms with Crippen molar-refractivity contribution < 1.29 is 14.0 Å². The van der Waals surface area contributed by atoms with Crippen molar-refractivity contribution in [1.29, 1.82) is 0 Å². The van der Waals surface area contributed by atoms with E-state index >= 15 is 0 Å². The van der Waals surface area contributed by atoms with Crippen molar-refractivity contribution >= 4 is 34.9 Å². The molecule has 2 aromatic rings. The molecule has 0 bridgehead atoms. The first-order chi connectivity index (χ1) is 12.6. The van der Waals surface area contributed by atoms with Crippen molar-refractivity contribution in [2.24, 2.45) is 0 Å². The molecule has 0 unspecified atom stereocenters. The molecule has 7 heteroatoms. The number of carbonyl (C=O) groups excluding carboxylic acids is 2. The van der Waals surface area contributed by atoms with E-state index in [4.69, 9.17) is 0 Å². The van der Waals surface area contributed by atoms with E-state index in [9.17, 15) is 14.0 Å². The Hall–Kier alpha value is -1.86. The lowest BCUT2D eigenvalue weighted by atomic mass is 10.0. The summed E-state index contributed by atoms with van der Waals surface area (Å²) in [7, 11) is 0. The van der Waals surface area contributed by atoms with Gasteiger partial charge in [0.1, 0.15) is 5.82 Å². The van der Waals surface area contributed by atoms with Gasteiger partial charge in [0.2, 0.25) is 0 Å². The Morgan fingerprint density at radius 3 is 2.54 bits per heavy atom. The van der Waals surface area contributed by atoms with Crippen molar-refractivity contribution in [3.8, 4) is 0 Å². The smallest absolute Gasteiger partial charge is 0.263 e. The Morgan fingerprint density at radius 1 is 1.04 bits per heavy atom. The maximum Gasteiger partial charge on any atom is 0.263 e. The molecule has 4 rings (SSSR count). The highest BCUT2D eigenvalue weighted by Gasteiger charge is 2.47. The number of rotatable bonds is 2. The number of likely N-dealkylation sites (tertiary alicyclic amines) is 1. The van der Waals surface area contributed by atoms with Gasteiger partial charge in [-0.3, -0.25) is 9.59 Å². The molecule has 4 nitrogen and oxygen atoms in total. The van der Waals surface area contributed by atoms with Crippen LogP contribution >= 0.6 is 23.1 Å². The molecule has 26 heavy (non-hydrogen) atoms. The second kappa shape index (κ2) is 7.04. The molecule has 2 fully saturated rings. The Bertz CT molecular complexity index is 817. The Labute approximate surface area is 160 Å². The van der Waals surface area contributed by atoms with Gasteiger partial charge in [-0.25, -0.2) is 4.39 Å². The number of piperidine rings is 1. The molecule has 1 aromatic heterocycles. The highest BCUT2D eigenvalue weighted by atomic mass is 32.2. The van der Waals surface area contributed by atoms with Crippen LogP contribution in [0.3, 0.4) is 0 Å². The zero-order valence-corrected chi connectivity index (χ0v) is 15.8. The van der Waals surface area contributed by atoms with Crippen molar-refractivity contribution in [1.82, 2.24) is 9.80 Å². The molecule has 1 spiro atoms. The monoisotopic (exact) mass is 390 g/mol. The molecule has 2 aliphatic rings. The zero-order valence-electron chi connectivity index (χ0n) is 14.2. The van der Waals surface area contributed by atoms with Crippen LogP contribution in [0.15, 0.2) is 41.8 Å². The van der Waals surface area contributed by atoms with Gasteiger partial charge < -0.3 is 9.80 Å². The van der Waals surface area contributed by atoms with E-state index in [0.717, 1.165) is 23.5 Å². The van der Waals surface area contributed by atoms with E-state index in [-0.39, 0.29) is 16.7 Å². The van der Waals surface area contributed by atoms with Gasteiger partial charge in [0.15, 0.2) is 0 Å². The van der Waals surface area contributed by atoms with Crippen molar-refractivity contribution in [3.63, 3.8) is 0 Å². The van der Waals surface area contributed by atoms with Crippen molar-refractivity contribution in [2.45, 2.75) is 17.7 Å². The quantitative estimate of drug-likeness (QED) is 0.785. The Balaban J connectivity index is 1.48. The number of benzene rings is 1. The minimum Gasteiger partial charge on any atom is -0.338 e. The second-order valence-corrected chi connectivity index (χ2v) is 8.94. The van der Waals surface area contributed by atoms with Crippen molar-refractivity contribution in [2.75, 3.05) is 25.4 Å². The third-order valence-corrected chi connectivity index (χ3v) is 7.47. The third kappa shape index (κ3) is 3.14. The lowest BCUT2D eigenvalue weighted by Crippen LogP contribution is -2.53. The predicted octanol–water partition coefficient (Wildman–Crippen LogP) is 3.71. The lowest BCUT2D eigenvalue weighted by molar-refractivity contribution is 0.0499. The summed E-state index contributed by atoms with van der Waals surface area (Å²) in [6, 6.07) is 9.61. The van der Waals surface area contributed by atoms with Crippen LogP contribution in [0.5, 0.6) is 0 Å². The molecular formula is C19H19FN2O2S2. The molecule has 2 amide bonds. The average Bonchev–Trinajstić information content (AvgIpc) is 3.32. The summed E-state index contributed by atoms with van der Waals surface area (Å²) in [4.78, 5) is 29.7. The van der Waals surface area contributed by atoms with Gasteiger partial charge >= 0.3 is 0 Å². The topological polar surface area (TPSA) is 40.6 Å². The second-order valence-electron chi connectivity index (χ2n) is 6.53. The van der Waals surface area contributed by atoms with E-state index in [0.29, 0.717) is 25.2 Å². The molecule has 2 saturated heterocycles. The fourth-order valence-corrected chi connectivity index (χ4v) is 5.85. The summed E-state index contributed by atoms with van der Waals surface area (Å²) >= 11 is 3.24. The SMILES string of the molecule is O=C(c1cccs1)N1CCC2(CC1)SCCN2C(=O)c1cccc(F)c1. The standard InChI is InChI=1S/C19H19FN2O2S2/c20-15-4-1-3-14(13-15)17(23)22-10-12-26-19(22)6-8-21(9-7-19)18(24)16-5-2-11-25-16/h1-5,11,13H,6-10,12H2. The summed E-state index contributed by atoms with van der Waals surface area (Å²) < 4.78 is 13.5. The highest BCUT2D eigenvalue weighted by molar-refractivity contribution is 8.00. The number of hydrogen-bond donors (Lipinski definition) is 0. The third-order valence-electron chi connectivity index (χ3n) is 5.06. The first kappa shape index (κ1) is 17.5. The molecule has 0 aliphatic carbocycles. The van der Waals surface area contributed by atoms with E-state index < -0.39 is 5.82 Å². The molecule has 2 aliphatic heterocycles. The summed E-state index contributed by atoms with van der Waals surface area (Å²) in [5.41, 5.74) is 0.393. The molecule has 0 N–H and O–H groups in total. The van der Waals surface area contributed by atoms with Gasteiger partial charge in [0.25, 0.3) is 11.8 Å². The van der Waals surface area contributed by atoms with Gasteiger partial charge in [-0.05, 0) is 42.5 Å². The van der Waals surface area contributed by atoms with Crippen LogP contribution in [0.4, 0.5) is 4.39 Å². The van der Waals surface area contributed by atoms with E-state index in [1.165, 1.54) is 23.5 Å². The number of carbonyl (C=O) groups is 2. The van der Waals surface area contributed by atoms with E-state index in [1.807, 2.05) is 27.3 Å². The Morgan fingerprint density at radius 2 is 1.85 bits per heavy atom. The fourth-order valence-electron chi connectivity index (χ4n) is 3.70. The minimum absolute atomic E-state index is 0.0702. The van der Waals surface area contributed by atoms with Gasteiger partial charge in [-0.15, -0.1) is 23.1 Å². The molecular weight excluding hydrogens is 371 g/mol. The zero-order chi connectivity index (χ0) is 18.1. The summed E-state index contributed by atoms with van der Waals surface area (Å²) in [6.07, 6.45) is 1.49. The number of thiophene rings is 1. The van der Waals surface area contributed by atoms with Crippen LogP contribution in [0.2, 0.25) is 0 Å². The number of halogens is 1. The van der Waals surface area contributed by atoms with Crippen LogP contribution in [-0.4, -0.2) is 51.9 Å². The van der Waals surface area contributed by atoms with Crippen LogP contribution < -0.4 is 0 Å². The number of amides is 2. The number of nitrogens with zero attached hydrogens (tertiary/aromatic N) is 2. The Kier molecular flexibility index (Phi) is 4.75. The average molecular weight is 391 g/mol. The number of thioether (sulfide) groups is 1. The molecule has 0 radical (unpaired) electrons. The molecule has 3 heterocycles.